The monoisotopic (exact) mass is 259 g/mol. The van der Waals surface area contributed by atoms with E-state index in [1.807, 2.05) is 24.7 Å². The fourth-order valence-corrected chi connectivity index (χ4v) is 1.81. The van der Waals surface area contributed by atoms with Crippen LogP contribution in [-0.2, 0) is 0 Å². The van der Waals surface area contributed by atoms with E-state index in [4.69, 9.17) is 0 Å². The first-order valence-corrected chi connectivity index (χ1v) is 6.12. The number of carbonyl (C=O) groups excluding carboxylic acids is 1. The van der Waals surface area contributed by atoms with Gasteiger partial charge >= 0.3 is 0 Å². The van der Waals surface area contributed by atoms with Gasteiger partial charge in [-0.05, 0) is 31.5 Å². The minimum absolute atomic E-state index is 0.0332. The lowest BCUT2D eigenvalue weighted by Crippen LogP contribution is -2.17. The molecule has 2 aromatic rings. The molecule has 0 aliphatic rings. The molecule has 5 nitrogen and oxygen atoms in total. The first-order valence-electron chi connectivity index (χ1n) is 6.12. The summed E-state index contributed by atoms with van der Waals surface area (Å²) >= 11 is 0. The second kappa shape index (κ2) is 5.14. The molecular formula is C14H17N3O2. The fraction of sp³-hybridized carbons (Fsp3) is 0.286. The van der Waals surface area contributed by atoms with Gasteiger partial charge in [0, 0.05) is 24.8 Å². The molecule has 1 aromatic carbocycles. The van der Waals surface area contributed by atoms with Gasteiger partial charge < -0.3 is 10.4 Å². The molecule has 0 bridgehead atoms. The van der Waals surface area contributed by atoms with Crippen molar-refractivity contribution < 1.29 is 9.90 Å². The summed E-state index contributed by atoms with van der Waals surface area (Å²) in [5.41, 5.74) is 2.01. The van der Waals surface area contributed by atoms with Crippen LogP contribution in [0.1, 0.15) is 30.2 Å². The van der Waals surface area contributed by atoms with E-state index in [0.29, 0.717) is 0 Å². The van der Waals surface area contributed by atoms with Gasteiger partial charge in [-0.1, -0.05) is 6.07 Å². The van der Waals surface area contributed by atoms with E-state index in [-0.39, 0.29) is 23.3 Å². The zero-order valence-electron chi connectivity index (χ0n) is 11.2. The van der Waals surface area contributed by atoms with Crippen LogP contribution < -0.4 is 5.32 Å². The average molecular weight is 259 g/mol. The Morgan fingerprint density at radius 2 is 2.11 bits per heavy atom. The lowest BCUT2D eigenvalue weighted by molar-refractivity contribution is 0.0960. The molecule has 0 aliphatic carbocycles. The lowest BCUT2D eigenvalue weighted by atomic mass is 10.1. The van der Waals surface area contributed by atoms with Gasteiger partial charge in [0.2, 0.25) is 0 Å². The fourth-order valence-electron chi connectivity index (χ4n) is 1.81. The summed E-state index contributed by atoms with van der Waals surface area (Å²) in [5.74, 6) is -0.337. The Labute approximate surface area is 111 Å². The minimum Gasteiger partial charge on any atom is -0.507 e. The van der Waals surface area contributed by atoms with Crippen LogP contribution in [-0.4, -0.2) is 27.8 Å². The van der Waals surface area contributed by atoms with E-state index < -0.39 is 0 Å². The number of hydrogen-bond acceptors (Lipinski definition) is 3. The van der Waals surface area contributed by atoms with E-state index in [2.05, 4.69) is 10.4 Å². The number of rotatable bonds is 3. The summed E-state index contributed by atoms with van der Waals surface area (Å²) in [5, 5.41) is 16.6. The maximum absolute atomic E-state index is 11.5. The molecule has 1 aromatic heterocycles. The van der Waals surface area contributed by atoms with Crippen LogP contribution in [0.15, 0.2) is 30.6 Å². The Kier molecular flexibility index (Phi) is 3.55. The van der Waals surface area contributed by atoms with E-state index in [1.54, 1.807) is 24.4 Å². The highest BCUT2D eigenvalue weighted by atomic mass is 16.3. The predicted molar refractivity (Wildman–Crippen MR) is 73.1 cm³/mol. The summed E-state index contributed by atoms with van der Waals surface area (Å²) in [6.07, 6.45) is 3.66. The normalized spacial score (nSPS) is 10.7. The van der Waals surface area contributed by atoms with Gasteiger partial charge in [-0.2, -0.15) is 5.10 Å². The van der Waals surface area contributed by atoms with Crippen molar-refractivity contribution in [2.75, 3.05) is 7.05 Å². The number of aromatic nitrogens is 2. The third-order valence-electron chi connectivity index (χ3n) is 2.93. The van der Waals surface area contributed by atoms with Gasteiger partial charge in [-0.3, -0.25) is 9.48 Å². The molecule has 0 radical (unpaired) electrons. The van der Waals surface area contributed by atoms with Crippen molar-refractivity contribution in [3.63, 3.8) is 0 Å². The third kappa shape index (κ3) is 2.59. The number of phenols is 1. The van der Waals surface area contributed by atoms with Crippen LogP contribution in [0.25, 0.3) is 11.1 Å². The highest BCUT2D eigenvalue weighted by Gasteiger charge is 2.11. The van der Waals surface area contributed by atoms with Crippen LogP contribution in [0.5, 0.6) is 5.75 Å². The van der Waals surface area contributed by atoms with Crippen LogP contribution in [0.4, 0.5) is 0 Å². The Bertz CT molecular complexity index is 602. The van der Waals surface area contributed by atoms with Gasteiger partial charge in [-0.15, -0.1) is 0 Å². The van der Waals surface area contributed by atoms with Crippen molar-refractivity contribution in [1.29, 1.82) is 0 Å². The Balaban J connectivity index is 2.35. The Morgan fingerprint density at radius 1 is 1.37 bits per heavy atom. The van der Waals surface area contributed by atoms with Crippen molar-refractivity contribution >= 4 is 5.91 Å². The second-order valence-corrected chi connectivity index (χ2v) is 4.61. The number of aromatic hydroxyl groups is 1. The van der Waals surface area contributed by atoms with E-state index in [9.17, 15) is 9.90 Å². The molecule has 100 valence electrons. The van der Waals surface area contributed by atoms with Crippen LogP contribution in [0.3, 0.4) is 0 Å². The molecule has 0 saturated carbocycles. The maximum Gasteiger partial charge on any atom is 0.254 e. The molecular weight excluding hydrogens is 242 g/mol. The standard InChI is InChI=1S/C14H17N3O2/c1-9(2)17-8-11(7-16-17)10-4-5-12(13(18)6-10)14(19)15-3/h4-9,18H,1-3H3,(H,15,19). The van der Waals surface area contributed by atoms with Crippen molar-refractivity contribution in [1.82, 2.24) is 15.1 Å². The van der Waals surface area contributed by atoms with Crippen molar-refractivity contribution in [2.45, 2.75) is 19.9 Å². The van der Waals surface area contributed by atoms with Gasteiger partial charge in [0.1, 0.15) is 5.75 Å². The van der Waals surface area contributed by atoms with Crippen LogP contribution in [0.2, 0.25) is 0 Å². The molecule has 0 fully saturated rings. The molecule has 2 N–H and O–H groups in total. The van der Waals surface area contributed by atoms with Crippen LogP contribution in [0, 0.1) is 0 Å². The number of hydrogen-bond donors (Lipinski definition) is 2. The highest BCUT2D eigenvalue weighted by molar-refractivity contribution is 5.97. The number of nitrogens with one attached hydrogen (secondary N) is 1. The summed E-state index contributed by atoms with van der Waals surface area (Å²) in [6, 6.07) is 5.27. The lowest BCUT2D eigenvalue weighted by Gasteiger charge is -2.05. The second-order valence-electron chi connectivity index (χ2n) is 4.61. The smallest absolute Gasteiger partial charge is 0.254 e. The van der Waals surface area contributed by atoms with Crippen LogP contribution >= 0.6 is 0 Å². The molecule has 0 saturated heterocycles. The van der Waals surface area contributed by atoms with Gasteiger partial charge in [-0.25, -0.2) is 0 Å². The molecule has 5 heteroatoms. The number of carbonyl (C=O) groups is 1. The third-order valence-corrected chi connectivity index (χ3v) is 2.93. The van der Waals surface area contributed by atoms with E-state index in [0.717, 1.165) is 11.1 Å². The number of amides is 1. The first-order chi connectivity index (χ1) is 9.02. The first kappa shape index (κ1) is 13.1. The largest absolute Gasteiger partial charge is 0.507 e. The quantitative estimate of drug-likeness (QED) is 0.888. The molecule has 1 heterocycles. The van der Waals surface area contributed by atoms with Gasteiger partial charge in [0.05, 0.1) is 11.8 Å². The van der Waals surface area contributed by atoms with Crippen molar-refractivity contribution in [2.24, 2.45) is 0 Å². The summed E-state index contributed by atoms with van der Waals surface area (Å²) in [4.78, 5) is 11.5. The maximum atomic E-state index is 11.5. The molecule has 0 atom stereocenters. The molecule has 0 unspecified atom stereocenters. The number of phenolic OH excluding ortho intramolecular Hbond substituents is 1. The Hall–Kier alpha value is -2.30. The molecule has 2 rings (SSSR count). The number of benzene rings is 1. The van der Waals surface area contributed by atoms with E-state index in [1.165, 1.54) is 7.05 Å². The highest BCUT2D eigenvalue weighted by Crippen LogP contribution is 2.26. The average Bonchev–Trinajstić information content (AvgIpc) is 2.87. The SMILES string of the molecule is CNC(=O)c1ccc(-c2cnn(C(C)C)c2)cc1O. The molecule has 0 aliphatic heterocycles. The molecule has 1 amide bonds. The summed E-state index contributed by atoms with van der Waals surface area (Å²) in [7, 11) is 1.53. The van der Waals surface area contributed by atoms with Crippen molar-refractivity contribution in [3.8, 4) is 16.9 Å². The van der Waals surface area contributed by atoms with E-state index >= 15 is 0 Å². The zero-order chi connectivity index (χ0) is 14.0. The Morgan fingerprint density at radius 3 is 2.63 bits per heavy atom. The minimum atomic E-state index is -0.304. The zero-order valence-corrected chi connectivity index (χ0v) is 11.2. The topological polar surface area (TPSA) is 67.2 Å². The van der Waals surface area contributed by atoms with Crippen molar-refractivity contribution in [3.05, 3.63) is 36.2 Å². The van der Waals surface area contributed by atoms with Gasteiger partial charge in [0.15, 0.2) is 0 Å². The molecule has 0 spiro atoms. The van der Waals surface area contributed by atoms with Gasteiger partial charge in [0.25, 0.3) is 5.91 Å². The predicted octanol–water partition coefficient (Wildman–Crippen LogP) is 2.20. The summed E-state index contributed by atoms with van der Waals surface area (Å²) in [6.45, 7) is 4.09. The molecule has 19 heavy (non-hydrogen) atoms. The number of nitrogens with zero attached hydrogens (tertiary/aromatic N) is 2. The summed E-state index contributed by atoms with van der Waals surface area (Å²) < 4.78 is 1.85.